The molecule has 0 radical (unpaired) electrons. The minimum Gasteiger partial charge on any atom is -0.462 e. The molecule has 5 fully saturated rings. The van der Waals surface area contributed by atoms with Crippen LogP contribution in [0.15, 0.2) is 48.5 Å². The summed E-state index contributed by atoms with van der Waals surface area (Å²) in [6.07, 6.45) is 0.0450. The number of rotatable bonds is 0. The molecule has 2 aromatic rings. The molecule has 0 amide bonds. The summed E-state index contributed by atoms with van der Waals surface area (Å²) in [6, 6.07) is 17.3. The fourth-order valence-corrected chi connectivity index (χ4v) is 9.50. The Morgan fingerprint density at radius 3 is 1.48 bits per heavy atom. The molecule has 2 aliphatic heterocycles. The van der Waals surface area contributed by atoms with E-state index < -0.39 is 10.8 Å². The van der Waals surface area contributed by atoms with E-state index >= 15 is 0 Å². The van der Waals surface area contributed by atoms with Crippen molar-refractivity contribution >= 4 is 11.9 Å². The minimum absolute atomic E-state index is 0.00277. The number of hydrogen-bond donors (Lipinski definition) is 0. The van der Waals surface area contributed by atoms with E-state index in [1.807, 2.05) is 13.8 Å². The van der Waals surface area contributed by atoms with Gasteiger partial charge in [-0.1, -0.05) is 48.5 Å². The fraction of sp³-hybridized carbons (Fsp3) is 0.481. The zero-order chi connectivity index (χ0) is 20.9. The summed E-state index contributed by atoms with van der Waals surface area (Å²) in [6.45, 7) is 3.85. The third-order valence-electron chi connectivity index (χ3n) is 9.89. The summed E-state index contributed by atoms with van der Waals surface area (Å²) in [5.41, 5.74) is 4.15. The first-order valence-electron chi connectivity index (χ1n) is 11.6. The number of carbonyl (C=O) groups is 2. The van der Waals surface area contributed by atoms with Crippen molar-refractivity contribution in [1.29, 1.82) is 0 Å². The van der Waals surface area contributed by atoms with Gasteiger partial charge >= 0.3 is 11.9 Å². The zero-order valence-electron chi connectivity index (χ0n) is 17.6. The maximum Gasteiger partial charge on any atom is 0.313 e. The van der Waals surface area contributed by atoms with Gasteiger partial charge in [-0.15, -0.1) is 0 Å². The van der Waals surface area contributed by atoms with E-state index in [2.05, 4.69) is 48.5 Å². The van der Waals surface area contributed by atoms with E-state index in [1.54, 1.807) is 0 Å². The summed E-state index contributed by atoms with van der Waals surface area (Å²) in [7, 11) is 0. The van der Waals surface area contributed by atoms with E-state index in [-0.39, 0.29) is 59.7 Å². The topological polar surface area (TPSA) is 52.6 Å². The van der Waals surface area contributed by atoms with Gasteiger partial charge in [0, 0.05) is 30.1 Å². The first-order valence-corrected chi connectivity index (χ1v) is 11.6. The van der Waals surface area contributed by atoms with E-state index in [9.17, 15) is 9.59 Å². The molecule has 2 spiro atoms. The van der Waals surface area contributed by atoms with Crippen molar-refractivity contribution in [3.8, 4) is 0 Å². The molecule has 4 nitrogen and oxygen atoms in total. The lowest BCUT2D eigenvalue weighted by Crippen LogP contribution is -2.91. The van der Waals surface area contributed by atoms with Crippen molar-refractivity contribution in [2.24, 2.45) is 22.7 Å². The average molecular weight is 412 g/mol. The summed E-state index contributed by atoms with van der Waals surface area (Å²) in [5.74, 6) is 0.406. The van der Waals surface area contributed by atoms with Gasteiger partial charge in [-0.25, -0.2) is 0 Å². The summed E-state index contributed by atoms with van der Waals surface area (Å²) >= 11 is 0. The van der Waals surface area contributed by atoms with Crippen LogP contribution in [0, 0.1) is 22.7 Å². The van der Waals surface area contributed by atoms with Crippen molar-refractivity contribution in [3.63, 3.8) is 0 Å². The Morgan fingerprint density at radius 2 is 1.06 bits per heavy atom. The highest BCUT2D eigenvalue weighted by molar-refractivity contribution is 5.97. The smallest absolute Gasteiger partial charge is 0.313 e. The van der Waals surface area contributed by atoms with Gasteiger partial charge in [0.25, 0.3) is 0 Å². The number of fused-ring (bicyclic) bond motifs is 14. The highest BCUT2D eigenvalue weighted by atomic mass is 16.6. The Kier molecular flexibility index (Phi) is 2.68. The van der Waals surface area contributed by atoms with Gasteiger partial charge in [0.1, 0.15) is 12.2 Å². The molecule has 3 saturated carbocycles. The molecule has 0 aromatic heterocycles. The van der Waals surface area contributed by atoms with Gasteiger partial charge in [-0.3, -0.25) is 9.59 Å². The maximum atomic E-state index is 13.9. The second-order valence-electron chi connectivity index (χ2n) is 10.8. The van der Waals surface area contributed by atoms with Crippen LogP contribution in [0.3, 0.4) is 0 Å². The molecule has 2 bridgehead atoms. The van der Waals surface area contributed by atoms with Crippen molar-refractivity contribution in [2.75, 3.05) is 0 Å². The van der Waals surface area contributed by atoms with Crippen LogP contribution in [0.4, 0.5) is 0 Å². The quantitative estimate of drug-likeness (QED) is 0.607. The predicted molar refractivity (Wildman–Crippen MR) is 111 cm³/mol. The molecule has 2 aromatic carbocycles. The number of ether oxygens (including phenoxy) is 2. The molecule has 9 rings (SSSR count). The Hall–Kier alpha value is -2.62. The molecule has 7 aliphatic rings. The van der Waals surface area contributed by atoms with E-state index in [1.165, 1.54) is 22.3 Å². The van der Waals surface area contributed by atoms with E-state index in [4.69, 9.17) is 9.47 Å². The fourth-order valence-electron chi connectivity index (χ4n) is 9.50. The van der Waals surface area contributed by atoms with Crippen LogP contribution in [0.5, 0.6) is 0 Å². The van der Waals surface area contributed by atoms with Gasteiger partial charge in [-0.2, -0.15) is 0 Å². The number of esters is 2. The van der Waals surface area contributed by atoms with Crippen LogP contribution in [0.25, 0.3) is 0 Å². The lowest BCUT2D eigenvalue weighted by atomic mass is 9.09. The molecule has 156 valence electrons. The SMILES string of the molecule is C[C@H]1C[C@H](C)OC(=O)C23C4[C@H]5c6ccccc6[C@@H]2[C@@H]2c6ccccc6[C@H]5C4(C(=O)O1)C23. The van der Waals surface area contributed by atoms with Crippen molar-refractivity contribution in [2.45, 2.75) is 56.1 Å². The normalized spacial score (nSPS) is 49.1. The second kappa shape index (κ2) is 4.90. The maximum absolute atomic E-state index is 13.9. The Bertz CT molecular complexity index is 1110. The highest BCUT2D eigenvalue weighted by Gasteiger charge is 2.99. The van der Waals surface area contributed by atoms with Gasteiger partial charge in [0.2, 0.25) is 0 Å². The Balaban J connectivity index is 1.46. The summed E-state index contributed by atoms with van der Waals surface area (Å²) in [4.78, 5) is 27.8. The van der Waals surface area contributed by atoms with Crippen molar-refractivity contribution in [3.05, 3.63) is 70.8 Å². The molecule has 5 aliphatic carbocycles. The Morgan fingerprint density at radius 1 is 0.677 bits per heavy atom. The third kappa shape index (κ3) is 1.42. The predicted octanol–water partition coefficient (Wildman–Crippen LogP) is 4.26. The average Bonchev–Trinajstić information content (AvgIpc) is 2.68. The molecule has 6 atom stereocenters. The first kappa shape index (κ1) is 17.0. The van der Waals surface area contributed by atoms with Crippen LogP contribution in [-0.2, 0) is 19.1 Å². The van der Waals surface area contributed by atoms with Crippen molar-refractivity contribution in [1.82, 2.24) is 0 Å². The van der Waals surface area contributed by atoms with E-state index in [0.29, 0.717) is 6.42 Å². The van der Waals surface area contributed by atoms with Crippen LogP contribution >= 0.6 is 0 Å². The van der Waals surface area contributed by atoms with E-state index in [0.717, 1.165) is 0 Å². The van der Waals surface area contributed by atoms with Gasteiger partial charge < -0.3 is 9.47 Å². The second-order valence-corrected chi connectivity index (χ2v) is 10.8. The third-order valence-corrected chi connectivity index (χ3v) is 9.89. The standard InChI is InChI=1S/C27H24O4/c1-12-11-13(2)31-25(29)27-21-17-10-6-4-8-15(17)18-20-16-9-5-3-7-14(16)19(21)23(27)26(20,22(18)27)24(28)30-12/h3-10,12-13,18-23H,11H2,1-2H3/t12-,13-,18-,19-,20+,21+,22?,23?,26?,27?/m0/s1. The lowest BCUT2D eigenvalue weighted by Gasteiger charge is -2.90. The lowest BCUT2D eigenvalue weighted by molar-refractivity contribution is -0.365. The monoisotopic (exact) mass is 412 g/mol. The molecule has 0 unspecified atom stereocenters. The summed E-state index contributed by atoms with van der Waals surface area (Å²) < 4.78 is 12.2. The van der Waals surface area contributed by atoms with Crippen LogP contribution in [-0.4, -0.2) is 24.1 Å². The number of benzene rings is 2. The van der Waals surface area contributed by atoms with Gasteiger partial charge in [0.05, 0.1) is 10.8 Å². The number of hydrogen-bond acceptors (Lipinski definition) is 4. The Labute approximate surface area is 180 Å². The van der Waals surface area contributed by atoms with Crippen LogP contribution in [0.2, 0.25) is 0 Å². The largest absolute Gasteiger partial charge is 0.462 e. The molecule has 2 saturated heterocycles. The zero-order valence-corrected chi connectivity index (χ0v) is 17.6. The first-order chi connectivity index (χ1) is 15.0. The molecular weight excluding hydrogens is 388 g/mol. The molecule has 2 heterocycles. The van der Waals surface area contributed by atoms with Gasteiger partial charge in [-0.05, 0) is 47.9 Å². The molecule has 31 heavy (non-hydrogen) atoms. The molecule has 4 heteroatoms. The van der Waals surface area contributed by atoms with Crippen LogP contribution < -0.4 is 0 Å². The minimum atomic E-state index is -0.568. The summed E-state index contributed by atoms with van der Waals surface area (Å²) in [5, 5.41) is 0. The van der Waals surface area contributed by atoms with Crippen molar-refractivity contribution < 1.29 is 19.1 Å². The molecule has 0 N–H and O–H groups in total. The highest BCUT2D eigenvalue weighted by Crippen LogP contribution is 2.99. The van der Waals surface area contributed by atoms with Crippen LogP contribution in [0.1, 0.15) is 66.2 Å². The van der Waals surface area contributed by atoms with Gasteiger partial charge in [0.15, 0.2) is 0 Å². The number of carbonyl (C=O) groups excluding carboxylic acids is 2. The molecular formula is C27H24O4.